The van der Waals surface area contributed by atoms with Crippen molar-refractivity contribution >= 4 is 27.5 Å². The molecule has 0 aliphatic rings. The SMILES string of the molecule is O=C(Nc1ccc(-n2cncn2)nc1)c1ccc(Br)cc1. The molecule has 0 aliphatic carbocycles. The van der Waals surface area contributed by atoms with Gasteiger partial charge < -0.3 is 5.32 Å². The minimum atomic E-state index is -0.183. The first-order valence-corrected chi connectivity index (χ1v) is 6.90. The van der Waals surface area contributed by atoms with Gasteiger partial charge in [0.05, 0.1) is 11.9 Å². The number of halogens is 1. The summed E-state index contributed by atoms with van der Waals surface area (Å²) in [5.74, 6) is 0.451. The molecule has 2 aromatic heterocycles. The molecule has 104 valence electrons. The number of hydrogen-bond acceptors (Lipinski definition) is 4. The largest absolute Gasteiger partial charge is 0.321 e. The third kappa shape index (κ3) is 3.14. The Morgan fingerprint density at radius 2 is 1.95 bits per heavy atom. The van der Waals surface area contributed by atoms with Crippen LogP contribution in [0.3, 0.4) is 0 Å². The van der Waals surface area contributed by atoms with Crippen LogP contribution in [0.25, 0.3) is 5.82 Å². The molecule has 21 heavy (non-hydrogen) atoms. The van der Waals surface area contributed by atoms with Crippen LogP contribution in [0.5, 0.6) is 0 Å². The Morgan fingerprint density at radius 1 is 1.14 bits per heavy atom. The van der Waals surface area contributed by atoms with E-state index in [0.29, 0.717) is 17.1 Å². The molecule has 1 aromatic carbocycles. The third-order valence-corrected chi connectivity index (χ3v) is 3.29. The predicted molar refractivity (Wildman–Crippen MR) is 81.2 cm³/mol. The Labute approximate surface area is 129 Å². The van der Waals surface area contributed by atoms with Gasteiger partial charge in [0.25, 0.3) is 5.91 Å². The Morgan fingerprint density at radius 3 is 2.57 bits per heavy atom. The summed E-state index contributed by atoms with van der Waals surface area (Å²) in [6.45, 7) is 0. The highest BCUT2D eigenvalue weighted by Gasteiger charge is 2.06. The van der Waals surface area contributed by atoms with E-state index in [4.69, 9.17) is 0 Å². The lowest BCUT2D eigenvalue weighted by Crippen LogP contribution is -2.12. The van der Waals surface area contributed by atoms with E-state index in [-0.39, 0.29) is 5.91 Å². The number of aromatic nitrogens is 4. The van der Waals surface area contributed by atoms with Crippen molar-refractivity contribution in [2.24, 2.45) is 0 Å². The van der Waals surface area contributed by atoms with E-state index in [9.17, 15) is 4.79 Å². The molecule has 0 atom stereocenters. The van der Waals surface area contributed by atoms with Crippen LogP contribution in [0.4, 0.5) is 5.69 Å². The van der Waals surface area contributed by atoms with Crippen LogP contribution in [0.15, 0.2) is 59.7 Å². The van der Waals surface area contributed by atoms with Crippen LogP contribution in [0.1, 0.15) is 10.4 Å². The Bertz CT molecular complexity index is 738. The molecule has 0 spiro atoms. The number of carbonyl (C=O) groups excluding carboxylic acids is 1. The highest BCUT2D eigenvalue weighted by atomic mass is 79.9. The maximum Gasteiger partial charge on any atom is 0.255 e. The number of rotatable bonds is 3. The van der Waals surface area contributed by atoms with Crippen molar-refractivity contribution in [1.82, 2.24) is 19.7 Å². The highest BCUT2D eigenvalue weighted by Crippen LogP contribution is 2.13. The molecule has 1 N–H and O–H groups in total. The van der Waals surface area contributed by atoms with E-state index < -0.39 is 0 Å². The van der Waals surface area contributed by atoms with Crippen molar-refractivity contribution in [3.05, 3.63) is 65.3 Å². The molecular weight excluding hydrogens is 334 g/mol. The number of nitrogens with zero attached hydrogens (tertiary/aromatic N) is 4. The fourth-order valence-electron chi connectivity index (χ4n) is 1.73. The van der Waals surface area contributed by atoms with Gasteiger partial charge in [0.1, 0.15) is 12.7 Å². The summed E-state index contributed by atoms with van der Waals surface area (Å²) in [6, 6.07) is 10.7. The lowest BCUT2D eigenvalue weighted by molar-refractivity contribution is 0.102. The van der Waals surface area contributed by atoms with Gasteiger partial charge in [-0.1, -0.05) is 15.9 Å². The maximum absolute atomic E-state index is 12.1. The number of hydrogen-bond donors (Lipinski definition) is 1. The van der Waals surface area contributed by atoms with Gasteiger partial charge in [-0.25, -0.2) is 14.6 Å². The highest BCUT2D eigenvalue weighted by molar-refractivity contribution is 9.10. The van der Waals surface area contributed by atoms with Gasteiger partial charge in [-0.3, -0.25) is 4.79 Å². The van der Waals surface area contributed by atoms with Crippen LogP contribution >= 0.6 is 15.9 Å². The number of anilines is 1. The van der Waals surface area contributed by atoms with E-state index in [1.807, 2.05) is 12.1 Å². The van der Waals surface area contributed by atoms with Crippen molar-refractivity contribution in [3.63, 3.8) is 0 Å². The lowest BCUT2D eigenvalue weighted by Gasteiger charge is -2.06. The van der Waals surface area contributed by atoms with E-state index in [0.717, 1.165) is 4.47 Å². The second kappa shape index (κ2) is 5.84. The van der Waals surface area contributed by atoms with Gasteiger partial charge in [0.15, 0.2) is 5.82 Å². The standard InChI is InChI=1S/C14H10BrN5O/c15-11-3-1-10(2-4-11)14(21)19-12-5-6-13(17-7-12)20-9-16-8-18-20/h1-9H,(H,19,21). The van der Waals surface area contributed by atoms with Crippen molar-refractivity contribution in [3.8, 4) is 5.82 Å². The second-order valence-corrected chi connectivity index (χ2v) is 5.12. The van der Waals surface area contributed by atoms with Crippen molar-refractivity contribution in [1.29, 1.82) is 0 Å². The molecule has 0 saturated carbocycles. The second-order valence-electron chi connectivity index (χ2n) is 4.21. The average molecular weight is 344 g/mol. The zero-order valence-electron chi connectivity index (χ0n) is 10.8. The van der Waals surface area contributed by atoms with Gasteiger partial charge in [0, 0.05) is 10.0 Å². The first kappa shape index (κ1) is 13.4. The van der Waals surface area contributed by atoms with E-state index in [1.165, 1.54) is 6.33 Å². The van der Waals surface area contributed by atoms with Gasteiger partial charge in [-0.05, 0) is 36.4 Å². The number of carbonyl (C=O) groups is 1. The summed E-state index contributed by atoms with van der Waals surface area (Å²) in [6.07, 6.45) is 4.57. The first-order chi connectivity index (χ1) is 10.2. The Balaban J connectivity index is 1.73. The molecule has 0 unspecified atom stereocenters. The molecule has 0 aliphatic heterocycles. The molecule has 2 heterocycles. The van der Waals surface area contributed by atoms with Gasteiger partial charge >= 0.3 is 0 Å². The molecule has 1 amide bonds. The average Bonchev–Trinajstić information content (AvgIpc) is 3.03. The lowest BCUT2D eigenvalue weighted by atomic mass is 10.2. The summed E-state index contributed by atoms with van der Waals surface area (Å²) in [4.78, 5) is 20.1. The summed E-state index contributed by atoms with van der Waals surface area (Å²) in [7, 11) is 0. The van der Waals surface area contributed by atoms with E-state index in [1.54, 1.807) is 41.5 Å². The molecule has 3 rings (SSSR count). The molecule has 0 bridgehead atoms. The summed E-state index contributed by atoms with van der Waals surface area (Å²) in [5.41, 5.74) is 1.20. The van der Waals surface area contributed by atoms with Crippen LogP contribution in [-0.4, -0.2) is 25.7 Å². The number of amides is 1. The maximum atomic E-state index is 12.1. The normalized spacial score (nSPS) is 10.3. The molecule has 6 nitrogen and oxygen atoms in total. The Kier molecular flexibility index (Phi) is 3.74. The molecule has 3 aromatic rings. The fraction of sp³-hybridized carbons (Fsp3) is 0. The van der Waals surface area contributed by atoms with Gasteiger partial charge in [0.2, 0.25) is 0 Å². The summed E-state index contributed by atoms with van der Waals surface area (Å²) < 4.78 is 2.47. The monoisotopic (exact) mass is 343 g/mol. The summed E-state index contributed by atoms with van der Waals surface area (Å²) >= 11 is 3.33. The van der Waals surface area contributed by atoms with E-state index in [2.05, 4.69) is 36.3 Å². The zero-order chi connectivity index (χ0) is 14.7. The predicted octanol–water partition coefficient (Wildman–Crippen LogP) is 2.68. The van der Waals surface area contributed by atoms with Crippen LogP contribution in [-0.2, 0) is 0 Å². The zero-order valence-corrected chi connectivity index (χ0v) is 12.4. The number of nitrogens with one attached hydrogen (secondary N) is 1. The minimum absolute atomic E-state index is 0.183. The molecule has 0 saturated heterocycles. The van der Waals surface area contributed by atoms with Crippen molar-refractivity contribution in [2.45, 2.75) is 0 Å². The Hall–Kier alpha value is -2.54. The molecule has 7 heteroatoms. The van der Waals surface area contributed by atoms with E-state index >= 15 is 0 Å². The molecule has 0 radical (unpaired) electrons. The van der Waals surface area contributed by atoms with Crippen LogP contribution in [0.2, 0.25) is 0 Å². The molecular formula is C14H10BrN5O. The third-order valence-electron chi connectivity index (χ3n) is 2.77. The van der Waals surface area contributed by atoms with Crippen LogP contribution in [0, 0.1) is 0 Å². The fourth-order valence-corrected chi connectivity index (χ4v) is 1.99. The topological polar surface area (TPSA) is 72.7 Å². The van der Waals surface area contributed by atoms with Gasteiger partial charge in [-0.15, -0.1) is 0 Å². The number of pyridine rings is 1. The quantitative estimate of drug-likeness (QED) is 0.793. The minimum Gasteiger partial charge on any atom is -0.321 e. The van der Waals surface area contributed by atoms with Crippen LogP contribution < -0.4 is 5.32 Å². The smallest absolute Gasteiger partial charge is 0.255 e. The summed E-state index contributed by atoms with van der Waals surface area (Å²) in [5, 5.41) is 6.77. The first-order valence-electron chi connectivity index (χ1n) is 6.10. The number of benzene rings is 1. The van der Waals surface area contributed by atoms with Crippen molar-refractivity contribution in [2.75, 3.05) is 5.32 Å². The van der Waals surface area contributed by atoms with Gasteiger partial charge in [-0.2, -0.15) is 5.10 Å². The molecule has 0 fully saturated rings. The van der Waals surface area contributed by atoms with Crippen molar-refractivity contribution < 1.29 is 4.79 Å².